The van der Waals surface area contributed by atoms with Crippen LogP contribution in [0.25, 0.3) is 6.08 Å². The van der Waals surface area contributed by atoms with Crippen LogP contribution in [0.3, 0.4) is 0 Å². The largest absolute Gasteiger partial charge is 0.493 e. The minimum absolute atomic E-state index is 0.201. The fourth-order valence-corrected chi connectivity index (χ4v) is 4.93. The van der Waals surface area contributed by atoms with Crippen molar-refractivity contribution in [2.45, 2.75) is 16.6 Å². The maximum absolute atomic E-state index is 12.7. The number of likely N-dealkylation sites (tertiary alicyclic amines) is 1. The minimum Gasteiger partial charge on any atom is -0.493 e. The molecule has 2 aromatic carbocycles. The van der Waals surface area contributed by atoms with Gasteiger partial charge in [0.25, 0.3) is 0 Å². The van der Waals surface area contributed by atoms with Crippen LogP contribution in [0.2, 0.25) is 0 Å². The molecule has 0 aromatic heterocycles. The van der Waals surface area contributed by atoms with Gasteiger partial charge in [-0.2, -0.15) is 0 Å². The molecule has 28 heavy (non-hydrogen) atoms. The molecule has 1 unspecified atom stereocenters. The summed E-state index contributed by atoms with van der Waals surface area (Å²) in [4.78, 5) is 14.4. The Morgan fingerprint density at radius 1 is 1.07 bits per heavy atom. The number of nitrogens with zero attached hydrogens (tertiary/aromatic N) is 1. The number of methoxy groups -OCH3 is 2. The first-order valence-electron chi connectivity index (χ1n) is 8.93. The number of sulfone groups is 1. The highest BCUT2D eigenvalue weighted by molar-refractivity contribution is 7.92. The summed E-state index contributed by atoms with van der Waals surface area (Å²) in [5.41, 5.74) is 0.790. The zero-order valence-electron chi connectivity index (χ0n) is 15.9. The second kappa shape index (κ2) is 8.48. The van der Waals surface area contributed by atoms with Crippen molar-refractivity contribution in [3.63, 3.8) is 0 Å². The van der Waals surface area contributed by atoms with E-state index in [2.05, 4.69) is 0 Å². The second-order valence-corrected chi connectivity index (χ2v) is 8.73. The monoisotopic (exact) mass is 401 g/mol. The van der Waals surface area contributed by atoms with E-state index in [-0.39, 0.29) is 12.5 Å². The molecule has 7 heteroatoms. The molecule has 1 saturated heterocycles. The van der Waals surface area contributed by atoms with Gasteiger partial charge in [0.05, 0.1) is 24.4 Å². The lowest BCUT2D eigenvalue weighted by Gasteiger charge is -2.15. The maximum atomic E-state index is 12.7. The van der Waals surface area contributed by atoms with Crippen LogP contribution in [0, 0.1) is 0 Å². The molecule has 0 bridgehead atoms. The Hall–Kier alpha value is -2.80. The molecule has 1 aliphatic heterocycles. The highest BCUT2D eigenvalue weighted by Crippen LogP contribution is 2.28. The molecule has 0 N–H and O–H groups in total. The van der Waals surface area contributed by atoms with Gasteiger partial charge in [0.2, 0.25) is 5.91 Å². The predicted molar refractivity (Wildman–Crippen MR) is 107 cm³/mol. The van der Waals surface area contributed by atoms with Gasteiger partial charge in [-0.25, -0.2) is 8.42 Å². The lowest BCUT2D eigenvalue weighted by atomic mass is 10.2. The Balaban J connectivity index is 1.67. The van der Waals surface area contributed by atoms with Crippen LogP contribution in [0.1, 0.15) is 12.0 Å². The third-order valence-electron chi connectivity index (χ3n) is 4.79. The van der Waals surface area contributed by atoms with E-state index in [1.165, 1.54) is 6.08 Å². The average Bonchev–Trinajstić information content (AvgIpc) is 3.23. The number of benzene rings is 2. The molecule has 6 nitrogen and oxygen atoms in total. The van der Waals surface area contributed by atoms with E-state index in [1.54, 1.807) is 67.7 Å². The van der Waals surface area contributed by atoms with Gasteiger partial charge >= 0.3 is 0 Å². The predicted octanol–water partition coefficient (Wildman–Crippen LogP) is 2.79. The van der Waals surface area contributed by atoms with Gasteiger partial charge in [0.1, 0.15) is 0 Å². The quantitative estimate of drug-likeness (QED) is 0.696. The molecule has 1 atom stereocenters. The number of hydrogen-bond donors (Lipinski definition) is 0. The second-order valence-electron chi connectivity index (χ2n) is 6.50. The first-order chi connectivity index (χ1) is 13.5. The molecular weight excluding hydrogens is 378 g/mol. The number of hydrogen-bond acceptors (Lipinski definition) is 5. The molecule has 148 valence electrons. The third-order valence-corrected chi connectivity index (χ3v) is 6.98. The Morgan fingerprint density at radius 2 is 1.79 bits per heavy atom. The average molecular weight is 401 g/mol. The summed E-state index contributed by atoms with van der Waals surface area (Å²) < 4.78 is 35.9. The van der Waals surface area contributed by atoms with Crippen LogP contribution in [-0.4, -0.2) is 51.8 Å². The Kier molecular flexibility index (Phi) is 6.04. The molecule has 1 heterocycles. The van der Waals surface area contributed by atoms with E-state index in [9.17, 15) is 13.2 Å². The molecule has 1 aliphatic rings. The van der Waals surface area contributed by atoms with Crippen LogP contribution >= 0.6 is 0 Å². The van der Waals surface area contributed by atoms with Crippen LogP contribution in [-0.2, 0) is 14.6 Å². The number of carbonyl (C=O) groups is 1. The standard InChI is InChI=1S/C21H23NO5S/c1-26-19-10-8-16(14-20(19)27-2)9-11-21(23)22-13-12-18(15-22)28(24,25)17-6-4-3-5-7-17/h3-11,14,18H,12-13,15H2,1-2H3/b11-9+. The van der Waals surface area contributed by atoms with Gasteiger partial charge in [0, 0.05) is 19.2 Å². The van der Waals surface area contributed by atoms with Gasteiger partial charge in [0.15, 0.2) is 21.3 Å². The smallest absolute Gasteiger partial charge is 0.246 e. The molecular formula is C21H23NO5S. The van der Waals surface area contributed by atoms with Crippen molar-refractivity contribution in [2.75, 3.05) is 27.3 Å². The Bertz CT molecular complexity index is 970. The molecule has 0 radical (unpaired) electrons. The summed E-state index contributed by atoms with van der Waals surface area (Å²) in [6.07, 6.45) is 3.58. The van der Waals surface area contributed by atoms with E-state index in [0.717, 1.165) is 5.56 Å². The normalized spacial score (nSPS) is 17.1. The third kappa shape index (κ3) is 4.20. The number of amides is 1. The highest BCUT2D eigenvalue weighted by Gasteiger charge is 2.35. The molecule has 0 aliphatic carbocycles. The van der Waals surface area contributed by atoms with E-state index in [1.807, 2.05) is 6.07 Å². The lowest BCUT2D eigenvalue weighted by Crippen LogP contribution is -2.30. The zero-order valence-corrected chi connectivity index (χ0v) is 16.7. The first-order valence-corrected chi connectivity index (χ1v) is 10.5. The number of ether oxygens (including phenoxy) is 2. The van der Waals surface area contributed by atoms with E-state index >= 15 is 0 Å². The van der Waals surface area contributed by atoms with E-state index in [4.69, 9.17) is 9.47 Å². The van der Waals surface area contributed by atoms with Crippen molar-refractivity contribution in [3.05, 3.63) is 60.2 Å². The van der Waals surface area contributed by atoms with Crippen molar-refractivity contribution >= 4 is 21.8 Å². The number of rotatable bonds is 6. The van der Waals surface area contributed by atoms with Crippen molar-refractivity contribution in [1.82, 2.24) is 4.90 Å². The fourth-order valence-electron chi connectivity index (χ4n) is 3.21. The molecule has 0 spiro atoms. The minimum atomic E-state index is -3.44. The fraction of sp³-hybridized carbons (Fsp3) is 0.286. The van der Waals surface area contributed by atoms with E-state index in [0.29, 0.717) is 29.4 Å². The molecule has 3 rings (SSSR count). The summed E-state index contributed by atoms with van der Waals surface area (Å²) in [7, 11) is -0.328. The van der Waals surface area contributed by atoms with E-state index < -0.39 is 15.1 Å². The molecule has 0 saturated carbocycles. The lowest BCUT2D eigenvalue weighted by molar-refractivity contribution is -0.124. The summed E-state index contributed by atoms with van der Waals surface area (Å²) in [6.45, 7) is 0.623. The van der Waals surface area contributed by atoms with Crippen LogP contribution < -0.4 is 9.47 Å². The van der Waals surface area contributed by atoms with Crippen LogP contribution in [0.5, 0.6) is 11.5 Å². The topological polar surface area (TPSA) is 72.9 Å². The Labute approximate surface area is 165 Å². The maximum Gasteiger partial charge on any atom is 0.246 e. The number of carbonyl (C=O) groups excluding carboxylic acids is 1. The Morgan fingerprint density at radius 3 is 2.46 bits per heavy atom. The SMILES string of the molecule is COc1ccc(/C=C/C(=O)N2CCC(S(=O)(=O)c3ccccc3)C2)cc1OC. The summed E-state index contributed by atoms with van der Waals surface area (Å²) in [5.74, 6) is 0.979. The van der Waals surface area contributed by atoms with Crippen molar-refractivity contribution in [1.29, 1.82) is 0 Å². The highest BCUT2D eigenvalue weighted by atomic mass is 32.2. The van der Waals surface area contributed by atoms with Gasteiger partial charge < -0.3 is 14.4 Å². The summed E-state index contributed by atoms with van der Waals surface area (Å²) >= 11 is 0. The molecule has 2 aromatic rings. The van der Waals surface area contributed by atoms with Gasteiger partial charge in [-0.1, -0.05) is 24.3 Å². The zero-order chi connectivity index (χ0) is 20.1. The molecule has 1 amide bonds. The summed E-state index contributed by atoms with van der Waals surface area (Å²) in [6, 6.07) is 13.7. The first kappa shape index (κ1) is 19.9. The molecule has 1 fully saturated rings. The van der Waals surface area contributed by atoms with Gasteiger partial charge in [-0.15, -0.1) is 0 Å². The van der Waals surface area contributed by atoms with Crippen molar-refractivity contribution < 1.29 is 22.7 Å². The van der Waals surface area contributed by atoms with Crippen molar-refractivity contribution in [3.8, 4) is 11.5 Å². The van der Waals surface area contributed by atoms with Crippen LogP contribution in [0.15, 0.2) is 59.5 Å². The van der Waals surface area contributed by atoms with Gasteiger partial charge in [-0.3, -0.25) is 4.79 Å². The summed E-state index contributed by atoms with van der Waals surface area (Å²) in [5, 5.41) is -0.576. The van der Waals surface area contributed by atoms with Gasteiger partial charge in [-0.05, 0) is 42.3 Å². The van der Waals surface area contributed by atoms with Crippen LogP contribution in [0.4, 0.5) is 0 Å². The van der Waals surface area contributed by atoms with Crippen molar-refractivity contribution in [2.24, 2.45) is 0 Å².